The van der Waals surface area contributed by atoms with Crippen molar-refractivity contribution in [3.63, 3.8) is 0 Å². The number of halogens is 2. The Bertz CT molecular complexity index is 796. The van der Waals surface area contributed by atoms with Crippen molar-refractivity contribution in [2.75, 3.05) is 5.73 Å². The molecule has 3 aromatic rings. The lowest BCUT2D eigenvalue weighted by Crippen LogP contribution is -1.87. The van der Waals surface area contributed by atoms with Crippen molar-refractivity contribution < 1.29 is 8.91 Å². The maximum Gasteiger partial charge on any atom is 0.258 e. The van der Waals surface area contributed by atoms with Crippen LogP contribution in [0, 0.1) is 12.7 Å². The van der Waals surface area contributed by atoms with Gasteiger partial charge >= 0.3 is 0 Å². The third kappa shape index (κ3) is 2.73. The highest BCUT2D eigenvalue weighted by molar-refractivity contribution is 6.31. The van der Waals surface area contributed by atoms with Crippen LogP contribution >= 0.6 is 11.6 Å². The van der Waals surface area contributed by atoms with E-state index in [9.17, 15) is 4.39 Å². The monoisotopic (exact) mass is 303 g/mol. The molecule has 0 bridgehead atoms. The first-order valence-electron chi connectivity index (χ1n) is 6.19. The zero-order chi connectivity index (χ0) is 15.0. The van der Waals surface area contributed by atoms with E-state index in [-0.39, 0.29) is 11.7 Å². The van der Waals surface area contributed by atoms with Crippen LogP contribution in [0.4, 0.5) is 10.1 Å². The molecule has 0 aliphatic rings. The Labute approximate surface area is 125 Å². The molecule has 2 aromatic carbocycles. The molecule has 4 nitrogen and oxygen atoms in total. The molecule has 0 amide bonds. The number of aromatic nitrogens is 2. The van der Waals surface area contributed by atoms with E-state index in [1.54, 1.807) is 37.3 Å². The molecule has 3 rings (SSSR count). The van der Waals surface area contributed by atoms with Crippen LogP contribution in [0.5, 0.6) is 0 Å². The van der Waals surface area contributed by atoms with Gasteiger partial charge in [0.15, 0.2) is 0 Å². The molecule has 0 fully saturated rings. The highest BCUT2D eigenvalue weighted by Crippen LogP contribution is 2.27. The summed E-state index contributed by atoms with van der Waals surface area (Å²) >= 11 is 5.94. The normalized spacial score (nSPS) is 10.8. The lowest BCUT2D eigenvalue weighted by molar-refractivity contribution is 0.432. The second kappa shape index (κ2) is 5.18. The molecule has 2 N–H and O–H groups in total. The van der Waals surface area contributed by atoms with Crippen LogP contribution in [-0.2, 0) is 0 Å². The lowest BCUT2D eigenvalue weighted by Gasteiger charge is -1.99. The molecule has 21 heavy (non-hydrogen) atoms. The first-order chi connectivity index (χ1) is 10.0. The maximum atomic E-state index is 13.6. The highest BCUT2D eigenvalue weighted by Gasteiger charge is 2.12. The largest absolute Gasteiger partial charge is 0.399 e. The van der Waals surface area contributed by atoms with Crippen molar-refractivity contribution in [1.82, 2.24) is 10.1 Å². The van der Waals surface area contributed by atoms with Crippen LogP contribution < -0.4 is 5.73 Å². The topological polar surface area (TPSA) is 64.9 Å². The Hall–Kier alpha value is -2.40. The number of aryl methyl sites for hydroxylation is 1. The summed E-state index contributed by atoms with van der Waals surface area (Å²) in [6.07, 6.45) is 0. The Morgan fingerprint density at radius 1 is 1.14 bits per heavy atom. The minimum absolute atomic E-state index is 0.278. The number of nitrogen functional groups attached to an aromatic ring is 1. The fourth-order valence-electron chi connectivity index (χ4n) is 1.93. The molecule has 1 heterocycles. The molecule has 0 aliphatic carbocycles. The summed E-state index contributed by atoms with van der Waals surface area (Å²) in [5.41, 5.74) is 7.95. The minimum atomic E-state index is -0.314. The van der Waals surface area contributed by atoms with E-state index in [0.29, 0.717) is 33.2 Å². The van der Waals surface area contributed by atoms with Crippen LogP contribution in [0.1, 0.15) is 5.56 Å². The molecule has 0 atom stereocenters. The van der Waals surface area contributed by atoms with Crippen LogP contribution in [0.2, 0.25) is 5.02 Å². The number of nitrogens with two attached hydrogens (primary N) is 1. The molecular weight excluding hydrogens is 293 g/mol. The number of rotatable bonds is 2. The molecular formula is C15H11ClFN3O. The molecule has 0 unspecified atom stereocenters. The summed E-state index contributed by atoms with van der Waals surface area (Å²) in [5, 5.41) is 4.33. The molecule has 6 heteroatoms. The molecule has 1 aromatic heterocycles. The quantitative estimate of drug-likeness (QED) is 0.724. The smallest absolute Gasteiger partial charge is 0.258 e. The van der Waals surface area contributed by atoms with Gasteiger partial charge in [0.05, 0.1) is 0 Å². The Morgan fingerprint density at radius 2 is 1.95 bits per heavy atom. The molecule has 0 saturated carbocycles. The standard InChI is InChI=1S/C15H11ClFN3O/c1-8-2-3-9(6-13(8)17)14-19-15(21-20-14)10-4-11(16)7-12(18)5-10/h2-7H,18H2,1H3. The number of anilines is 1. The summed E-state index contributed by atoms with van der Waals surface area (Å²) in [7, 11) is 0. The Kier molecular flexibility index (Phi) is 3.35. The molecule has 106 valence electrons. The molecule has 0 aliphatic heterocycles. The van der Waals surface area contributed by atoms with Gasteiger partial charge in [-0.3, -0.25) is 0 Å². The van der Waals surface area contributed by atoms with Crippen molar-refractivity contribution in [2.45, 2.75) is 6.92 Å². The van der Waals surface area contributed by atoms with Gasteiger partial charge in [-0.1, -0.05) is 28.9 Å². The van der Waals surface area contributed by atoms with Gasteiger partial charge in [0.25, 0.3) is 5.89 Å². The van der Waals surface area contributed by atoms with E-state index in [2.05, 4.69) is 10.1 Å². The van der Waals surface area contributed by atoms with Gasteiger partial charge in [-0.05, 0) is 36.8 Å². The fraction of sp³-hybridized carbons (Fsp3) is 0.0667. The molecule has 0 radical (unpaired) electrons. The first kappa shape index (κ1) is 13.6. The summed E-state index contributed by atoms with van der Waals surface area (Å²) in [6.45, 7) is 1.69. The van der Waals surface area contributed by atoms with Gasteiger partial charge < -0.3 is 10.3 Å². The number of hydrogen-bond donors (Lipinski definition) is 1. The van der Waals surface area contributed by atoms with E-state index >= 15 is 0 Å². The summed E-state index contributed by atoms with van der Waals surface area (Å²) < 4.78 is 18.8. The Balaban J connectivity index is 2.01. The van der Waals surface area contributed by atoms with E-state index in [4.69, 9.17) is 21.9 Å². The molecule has 0 saturated heterocycles. The second-order valence-corrected chi connectivity index (χ2v) is 5.10. The fourth-order valence-corrected chi connectivity index (χ4v) is 2.17. The predicted molar refractivity (Wildman–Crippen MR) is 79.3 cm³/mol. The average molecular weight is 304 g/mol. The maximum absolute atomic E-state index is 13.6. The number of hydrogen-bond acceptors (Lipinski definition) is 4. The van der Waals surface area contributed by atoms with Crippen LogP contribution in [0.25, 0.3) is 22.8 Å². The van der Waals surface area contributed by atoms with E-state index in [1.165, 1.54) is 6.07 Å². The van der Waals surface area contributed by atoms with Crippen molar-refractivity contribution in [1.29, 1.82) is 0 Å². The van der Waals surface area contributed by atoms with Gasteiger partial charge in [-0.25, -0.2) is 4.39 Å². The van der Waals surface area contributed by atoms with Crippen LogP contribution in [-0.4, -0.2) is 10.1 Å². The highest BCUT2D eigenvalue weighted by atomic mass is 35.5. The number of nitrogens with zero attached hydrogens (tertiary/aromatic N) is 2. The SMILES string of the molecule is Cc1ccc(-c2noc(-c3cc(N)cc(Cl)c3)n2)cc1F. The van der Waals surface area contributed by atoms with Gasteiger partial charge in [0, 0.05) is 21.8 Å². The van der Waals surface area contributed by atoms with Gasteiger partial charge in [-0.15, -0.1) is 0 Å². The minimum Gasteiger partial charge on any atom is -0.399 e. The van der Waals surface area contributed by atoms with Gasteiger partial charge in [-0.2, -0.15) is 4.98 Å². The predicted octanol–water partition coefficient (Wildman–Crippen LogP) is 4.09. The number of benzene rings is 2. The van der Waals surface area contributed by atoms with Crippen LogP contribution in [0.15, 0.2) is 40.9 Å². The Morgan fingerprint density at radius 3 is 2.67 bits per heavy atom. The summed E-state index contributed by atoms with van der Waals surface area (Å²) in [6, 6.07) is 9.75. The summed E-state index contributed by atoms with van der Waals surface area (Å²) in [5.74, 6) is 0.272. The zero-order valence-electron chi connectivity index (χ0n) is 11.1. The lowest BCUT2D eigenvalue weighted by atomic mass is 10.1. The third-order valence-corrected chi connectivity index (χ3v) is 3.24. The van der Waals surface area contributed by atoms with Crippen molar-refractivity contribution in [3.8, 4) is 22.8 Å². The van der Waals surface area contributed by atoms with E-state index in [0.717, 1.165) is 0 Å². The second-order valence-electron chi connectivity index (χ2n) is 4.66. The van der Waals surface area contributed by atoms with E-state index < -0.39 is 0 Å². The molecule has 0 spiro atoms. The first-order valence-corrected chi connectivity index (χ1v) is 6.57. The van der Waals surface area contributed by atoms with Crippen LogP contribution in [0.3, 0.4) is 0 Å². The van der Waals surface area contributed by atoms with Crippen molar-refractivity contribution in [2.24, 2.45) is 0 Å². The summed E-state index contributed by atoms with van der Waals surface area (Å²) in [4.78, 5) is 4.25. The third-order valence-electron chi connectivity index (χ3n) is 3.02. The van der Waals surface area contributed by atoms with Gasteiger partial charge in [0.1, 0.15) is 5.82 Å². The van der Waals surface area contributed by atoms with Crippen molar-refractivity contribution >= 4 is 17.3 Å². The van der Waals surface area contributed by atoms with E-state index in [1.807, 2.05) is 0 Å². The average Bonchev–Trinajstić information content (AvgIpc) is 2.90. The van der Waals surface area contributed by atoms with Crippen molar-refractivity contribution in [3.05, 3.63) is 52.8 Å². The van der Waals surface area contributed by atoms with Gasteiger partial charge in [0.2, 0.25) is 5.82 Å². The zero-order valence-corrected chi connectivity index (χ0v) is 11.9.